The Morgan fingerprint density at radius 2 is 2.04 bits per heavy atom. The number of esters is 1. The van der Waals surface area contributed by atoms with E-state index in [1.165, 1.54) is 12.0 Å². The van der Waals surface area contributed by atoms with Crippen LogP contribution in [0.5, 0.6) is 0 Å². The Kier molecular flexibility index (Phi) is 2.03. The average molecular weight is 370 g/mol. The summed E-state index contributed by atoms with van der Waals surface area (Å²) in [6.07, 6.45) is 4.75. The summed E-state index contributed by atoms with van der Waals surface area (Å²) >= 11 is 0. The minimum Gasteiger partial charge on any atom is -0.458 e. The predicted octanol–water partition coefficient (Wildman–Crippen LogP) is 2.38. The van der Waals surface area contributed by atoms with Crippen LogP contribution in [0.25, 0.3) is 0 Å². The molecule has 5 nitrogen and oxygen atoms in total. The Morgan fingerprint density at radius 3 is 2.78 bits per heavy atom. The van der Waals surface area contributed by atoms with Crippen LogP contribution in [-0.2, 0) is 23.7 Å². The second-order valence-corrected chi connectivity index (χ2v) is 11.0. The van der Waals surface area contributed by atoms with Gasteiger partial charge in [0.2, 0.25) is 0 Å². The normalized spacial score (nSPS) is 65.6. The van der Waals surface area contributed by atoms with Crippen molar-refractivity contribution in [2.45, 2.75) is 75.5 Å². The van der Waals surface area contributed by atoms with E-state index >= 15 is 0 Å². The Hall–Kier alpha value is -0.910. The van der Waals surface area contributed by atoms with Gasteiger partial charge in [-0.1, -0.05) is 20.8 Å². The van der Waals surface area contributed by atoms with Crippen molar-refractivity contribution in [3.05, 3.63) is 11.1 Å². The third-order valence-corrected chi connectivity index (χ3v) is 10.5. The minimum atomic E-state index is -0.221. The molecule has 0 aromatic heterocycles. The van der Waals surface area contributed by atoms with E-state index < -0.39 is 0 Å². The summed E-state index contributed by atoms with van der Waals surface area (Å²) in [4.78, 5) is 12.2. The molecular weight excluding hydrogens is 344 g/mol. The van der Waals surface area contributed by atoms with E-state index in [-0.39, 0.29) is 39.7 Å². The van der Waals surface area contributed by atoms with Crippen molar-refractivity contribution < 1.29 is 23.7 Å². The summed E-state index contributed by atoms with van der Waals surface area (Å²) in [6, 6.07) is 0. The molecule has 4 aliphatic heterocycles. The van der Waals surface area contributed by atoms with Crippen LogP contribution in [0.3, 0.4) is 0 Å². The van der Waals surface area contributed by atoms with Crippen LogP contribution in [0, 0.1) is 28.6 Å². The monoisotopic (exact) mass is 370 g/mol. The van der Waals surface area contributed by atoms with Crippen LogP contribution in [0.2, 0.25) is 0 Å². The van der Waals surface area contributed by atoms with Crippen LogP contribution in [0.4, 0.5) is 0 Å². The van der Waals surface area contributed by atoms with Crippen LogP contribution in [-0.4, -0.2) is 48.2 Å². The van der Waals surface area contributed by atoms with Gasteiger partial charge >= 0.3 is 5.97 Å². The third-order valence-electron chi connectivity index (χ3n) is 10.5. The van der Waals surface area contributed by atoms with Gasteiger partial charge in [-0.2, -0.15) is 0 Å². The highest BCUT2D eigenvalue weighted by Crippen LogP contribution is 2.93. The molecule has 0 radical (unpaired) electrons. The van der Waals surface area contributed by atoms with E-state index in [0.29, 0.717) is 30.5 Å². The lowest BCUT2D eigenvalue weighted by Gasteiger charge is -2.56. The number of hydrogen-bond acceptors (Lipinski definition) is 5. The van der Waals surface area contributed by atoms with Crippen molar-refractivity contribution in [1.29, 1.82) is 0 Å². The molecule has 8 aliphatic rings. The van der Waals surface area contributed by atoms with Crippen molar-refractivity contribution in [1.82, 2.24) is 0 Å². The lowest BCUT2D eigenvalue weighted by atomic mass is 9.44. The highest BCUT2D eigenvalue weighted by molar-refractivity contribution is 5.92. The SMILES string of the molecule is CC(C)[C@]12O[C@H]1[C@@H]1C[C@]13[C@]1(OC1C[C@H]1C4=C(CC[C@@]13C)C(=O)OC4)[C@@]21CO1. The van der Waals surface area contributed by atoms with Gasteiger partial charge in [0, 0.05) is 11.0 Å². The number of epoxide rings is 3. The fourth-order valence-corrected chi connectivity index (χ4v) is 9.41. The maximum absolute atomic E-state index is 12.2. The number of ether oxygens (including phenoxy) is 4. The first-order valence-corrected chi connectivity index (χ1v) is 10.8. The van der Waals surface area contributed by atoms with E-state index in [1.807, 2.05) is 0 Å². The molecule has 0 aromatic carbocycles. The first-order chi connectivity index (χ1) is 12.9. The van der Waals surface area contributed by atoms with Crippen LogP contribution >= 0.6 is 0 Å². The molecule has 0 N–H and O–H groups in total. The molecule has 0 aromatic rings. The molecule has 9 atom stereocenters. The summed E-state index contributed by atoms with van der Waals surface area (Å²) in [7, 11) is 0. The number of carbonyl (C=O) groups is 1. The lowest BCUT2D eigenvalue weighted by molar-refractivity contribution is -0.136. The van der Waals surface area contributed by atoms with Gasteiger partial charge in [0.05, 0.1) is 18.8 Å². The molecule has 0 amide bonds. The zero-order valence-corrected chi connectivity index (χ0v) is 16.2. The third kappa shape index (κ3) is 1.10. The van der Waals surface area contributed by atoms with Crippen molar-refractivity contribution >= 4 is 5.97 Å². The van der Waals surface area contributed by atoms with E-state index in [2.05, 4.69) is 20.8 Å². The van der Waals surface area contributed by atoms with Crippen molar-refractivity contribution in [2.75, 3.05) is 13.2 Å². The minimum absolute atomic E-state index is 0.0690. The first kappa shape index (κ1) is 15.0. The number of carbonyl (C=O) groups excluding carboxylic acids is 1. The maximum Gasteiger partial charge on any atom is 0.334 e. The fourth-order valence-electron chi connectivity index (χ4n) is 9.41. The van der Waals surface area contributed by atoms with Crippen molar-refractivity contribution in [2.24, 2.45) is 28.6 Å². The molecule has 0 bridgehead atoms. The summed E-state index contributed by atoms with van der Waals surface area (Å²) in [5, 5.41) is 0. The summed E-state index contributed by atoms with van der Waals surface area (Å²) in [6.45, 7) is 8.37. The molecule has 6 fully saturated rings. The van der Waals surface area contributed by atoms with E-state index in [9.17, 15) is 4.79 Å². The van der Waals surface area contributed by atoms with Crippen molar-refractivity contribution in [3.63, 3.8) is 0 Å². The van der Waals surface area contributed by atoms with Gasteiger partial charge in [0.15, 0.2) is 5.60 Å². The quantitative estimate of drug-likeness (QED) is 0.524. The standard InChI is InChI=1S/C22H26O5/c1-10(2)21-16(27-21)14-7-19(14)18(3)5-4-11-12(8-24-17(11)23)13(18)6-15-22(19,26-15)20(21)9-25-20/h10,13-16H,4-9H2,1-3H3/t13-,14-,15?,16-,18-,19-,20+,21-,22-/m0/s1. The number of cyclic esters (lactones) is 1. The fraction of sp³-hybridized carbons (Fsp3) is 0.864. The highest BCUT2D eigenvalue weighted by Gasteiger charge is 3.05. The van der Waals surface area contributed by atoms with Gasteiger partial charge in [-0.15, -0.1) is 0 Å². The van der Waals surface area contributed by atoms with Gasteiger partial charge in [-0.3, -0.25) is 0 Å². The predicted molar refractivity (Wildman–Crippen MR) is 92.7 cm³/mol. The zero-order chi connectivity index (χ0) is 18.2. The molecule has 3 spiro atoms. The molecule has 3 saturated heterocycles. The Balaban J connectivity index is 1.33. The number of rotatable bonds is 1. The lowest BCUT2D eigenvalue weighted by Crippen LogP contribution is -2.67. The van der Waals surface area contributed by atoms with Crippen LogP contribution in [0.15, 0.2) is 11.1 Å². The molecule has 1 unspecified atom stereocenters. The molecular formula is C22H26O5. The summed E-state index contributed by atoms with van der Waals surface area (Å²) in [5.41, 5.74) is 2.10. The Morgan fingerprint density at radius 1 is 1.22 bits per heavy atom. The largest absolute Gasteiger partial charge is 0.458 e. The van der Waals surface area contributed by atoms with Gasteiger partial charge in [-0.05, 0) is 54.4 Å². The second-order valence-electron chi connectivity index (χ2n) is 11.0. The number of hydrogen-bond donors (Lipinski definition) is 0. The molecule has 4 heterocycles. The molecule has 27 heavy (non-hydrogen) atoms. The van der Waals surface area contributed by atoms with E-state index in [4.69, 9.17) is 18.9 Å². The molecule has 4 aliphatic carbocycles. The summed E-state index contributed by atoms with van der Waals surface area (Å²) < 4.78 is 25.1. The van der Waals surface area contributed by atoms with Gasteiger partial charge in [0.25, 0.3) is 0 Å². The van der Waals surface area contributed by atoms with E-state index in [1.54, 1.807) is 0 Å². The Labute approximate surface area is 158 Å². The van der Waals surface area contributed by atoms with Gasteiger partial charge in [-0.25, -0.2) is 4.79 Å². The maximum atomic E-state index is 12.2. The molecule has 3 saturated carbocycles. The topological polar surface area (TPSA) is 63.9 Å². The van der Waals surface area contributed by atoms with E-state index in [0.717, 1.165) is 31.4 Å². The second kappa shape index (κ2) is 3.66. The van der Waals surface area contributed by atoms with Crippen molar-refractivity contribution in [3.8, 4) is 0 Å². The molecule has 144 valence electrons. The molecule has 5 heteroatoms. The first-order valence-electron chi connectivity index (χ1n) is 10.8. The van der Waals surface area contributed by atoms with Crippen LogP contribution < -0.4 is 0 Å². The van der Waals surface area contributed by atoms with Gasteiger partial charge in [0.1, 0.15) is 17.8 Å². The molecule has 8 rings (SSSR count). The summed E-state index contributed by atoms with van der Waals surface area (Å²) in [5.74, 6) is 1.39. The van der Waals surface area contributed by atoms with Crippen LogP contribution in [0.1, 0.15) is 46.5 Å². The average Bonchev–Trinajstić information content (AvgIpc) is 3.43. The smallest absolute Gasteiger partial charge is 0.334 e. The zero-order valence-electron chi connectivity index (χ0n) is 16.2. The Bertz CT molecular complexity index is 887. The highest BCUT2D eigenvalue weighted by atomic mass is 16.7. The number of fused-ring (bicyclic) bond motifs is 5. The van der Waals surface area contributed by atoms with Gasteiger partial charge < -0.3 is 18.9 Å².